The lowest BCUT2D eigenvalue weighted by Gasteiger charge is -2.37. The minimum atomic E-state index is 0.602. The molecule has 0 radical (unpaired) electrons. The van der Waals surface area contributed by atoms with Crippen LogP contribution in [0.5, 0.6) is 0 Å². The fourth-order valence-corrected chi connectivity index (χ4v) is 3.96. The van der Waals surface area contributed by atoms with Crippen molar-refractivity contribution in [3.05, 3.63) is 51.2 Å². The van der Waals surface area contributed by atoms with Crippen molar-refractivity contribution < 1.29 is 0 Å². The van der Waals surface area contributed by atoms with E-state index < -0.39 is 0 Å². The third-order valence-corrected chi connectivity index (χ3v) is 5.39. The highest BCUT2D eigenvalue weighted by Gasteiger charge is 2.23. The molecule has 2 nitrogen and oxygen atoms in total. The topological polar surface area (TPSA) is 29.3 Å². The number of thiophene rings is 1. The average molecular weight is 286 g/mol. The molecule has 0 spiro atoms. The molecule has 106 valence electrons. The summed E-state index contributed by atoms with van der Waals surface area (Å²) in [6, 6.07) is 11.7. The Labute approximate surface area is 125 Å². The molecular formula is C17H22N2S. The molecule has 1 aliphatic rings. The van der Waals surface area contributed by atoms with Crippen molar-refractivity contribution in [3.8, 4) is 0 Å². The largest absolute Gasteiger partial charge is 0.364 e. The van der Waals surface area contributed by atoms with Crippen LogP contribution in [0.1, 0.15) is 34.2 Å². The summed E-state index contributed by atoms with van der Waals surface area (Å²) in [5, 5.41) is 0. The van der Waals surface area contributed by atoms with Gasteiger partial charge in [0.2, 0.25) is 0 Å². The number of hydrogen-bond acceptors (Lipinski definition) is 3. The Balaban J connectivity index is 1.91. The van der Waals surface area contributed by atoms with Gasteiger partial charge in [0.25, 0.3) is 0 Å². The number of anilines is 1. The second-order valence-electron chi connectivity index (χ2n) is 5.64. The first kappa shape index (κ1) is 13.7. The normalized spacial score (nSPS) is 18.1. The van der Waals surface area contributed by atoms with E-state index in [1.54, 1.807) is 0 Å². The van der Waals surface area contributed by atoms with Gasteiger partial charge in [0.1, 0.15) is 0 Å². The van der Waals surface area contributed by atoms with E-state index in [4.69, 9.17) is 5.73 Å². The number of para-hydroxylation sites is 1. The molecule has 0 aliphatic carbocycles. The third kappa shape index (κ3) is 2.48. The van der Waals surface area contributed by atoms with E-state index in [-0.39, 0.29) is 0 Å². The van der Waals surface area contributed by atoms with Crippen LogP contribution < -0.4 is 10.6 Å². The minimum Gasteiger partial charge on any atom is -0.364 e. The lowest BCUT2D eigenvalue weighted by Crippen LogP contribution is -2.36. The van der Waals surface area contributed by atoms with E-state index in [2.05, 4.69) is 49.1 Å². The van der Waals surface area contributed by atoms with Gasteiger partial charge in [-0.05, 0) is 49.9 Å². The van der Waals surface area contributed by atoms with Crippen LogP contribution in [0.3, 0.4) is 0 Å². The quantitative estimate of drug-likeness (QED) is 0.928. The third-order valence-electron chi connectivity index (χ3n) is 4.28. The Morgan fingerprint density at radius 2 is 2.15 bits per heavy atom. The van der Waals surface area contributed by atoms with E-state index in [1.165, 1.54) is 39.4 Å². The van der Waals surface area contributed by atoms with E-state index >= 15 is 0 Å². The maximum atomic E-state index is 5.77. The lowest BCUT2D eigenvalue weighted by molar-refractivity contribution is 0.560. The van der Waals surface area contributed by atoms with Crippen LogP contribution >= 0.6 is 11.3 Å². The molecule has 1 unspecified atom stereocenters. The zero-order valence-electron chi connectivity index (χ0n) is 12.2. The SMILES string of the molecule is Cc1sc(CN)cc1CN1c2ccccc2CCC1C. The van der Waals surface area contributed by atoms with Gasteiger partial charge in [-0.1, -0.05) is 18.2 Å². The van der Waals surface area contributed by atoms with Crippen LogP contribution in [0.4, 0.5) is 5.69 Å². The van der Waals surface area contributed by atoms with Crippen LogP contribution in [0.25, 0.3) is 0 Å². The van der Waals surface area contributed by atoms with Crippen molar-refractivity contribution in [1.82, 2.24) is 0 Å². The Kier molecular flexibility index (Phi) is 3.81. The van der Waals surface area contributed by atoms with E-state index in [0.29, 0.717) is 12.6 Å². The fraction of sp³-hybridized carbons (Fsp3) is 0.412. The van der Waals surface area contributed by atoms with Gasteiger partial charge in [-0.25, -0.2) is 0 Å². The number of nitrogens with two attached hydrogens (primary N) is 1. The zero-order valence-corrected chi connectivity index (χ0v) is 13.0. The summed E-state index contributed by atoms with van der Waals surface area (Å²) in [7, 11) is 0. The molecule has 2 N–H and O–H groups in total. The monoisotopic (exact) mass is 286 g/mol. The first-order valence-corrected chi connectivity index (χ1v) is 8.13. The summed E-state index contributed by atoms with van der Waals surface area (Å²) in [4.78, 5) is 5.24. The van der Waals surface area contributed by atoms with E-state index in [9.17, 15) is 0 Å². The van der Waals surface area contributed by atoms with Gasteiger partial charge in [-0.15, -0.1) is 11.3 Å². The maximum Gasteiger partial charge on any atom is 0.0443 e. The van der Waals surface area contributed by atoms with Crippen molar-refractivity contribution in [3.63, 3.8) is 0 Å². The van der Waals surface area contributed by atoms with Gasteiger partial charge in [-0.2, -0.15) is 0 Å². The van der Waals surface area contributed by atoms with Crippen LogP contribution in [0.15, 0.2) is 30.3 Å². The highest BCUT2D eigenvalue weighted by atomic mass is 32.1. The van der Waals surface area contributed by atoms with Gasteiger partial charge in [-0.3, -0.25) is 0 Å². The number of rotatable bonds is 3. The van der Waals surface area contributed by atoms with Crippen molar-refractivity contribution in [1.29, 1.82) is 0 Å². The molecule has 3 heteroatoms. The standard InChI is InChI=1S/C17H22N2S/c1-12-7-8-14-5-3-4-6-17(14)19(12)11-15-9-16(10-18)20-13(15)2/h3-6,9,12H,7-8,10-11,18H2,1-2H3. The van der Waals surface area contributed by atoms with Crippen molar-refractivity contribution in [2.45, 2.75) is 45.8 Å². The fourth-order valence-electron chi connectivity index (χ4n) is 3.03. The van der Waals surface area contributed by atoms with Crippen LogP contribution in [0, 0.1) is 6.92 Å². The number of benzene rings is 1. The number of fused-ring (bicyclic) bond motifs is 1. The first-order chi connectivity index (χ1) is 9.69. The van der Waals surface area contributed by atoms with E-state index in [1.807, 2.05) is 11.3 Å². The predicted octanol–water partition coefficient (Wildman–Crippen LogP) is 3.86. The zero-order chi connectivity index (χ0) is 14.1. The molecule has 2 aromatic rings. The predicted molar refractivity (Wildman–Crippen MR) is 87.4 cm³/mol. The maximum absolute atomic E-state index is 5.77. The summed E-state index contributed by atoms with van der Waals surface area (Å²) in [5.74, 6) is 0. The molecule has 0 saturated heterocycles. The summed E-state index contributed by atoms with van der Waals surface area (Å²) >= 11 is 1.83. The number of hydrogen-bond donors (Lipinski definition) is 1. The van der Waals surface area contributed by atoms with Gasteiger partial charge in [0.05, 0.1) is 0 Å². The number of nitrogens with zero attached hydrogens (tertiary/aromatic N) is 1. The lowest BCUT2D eigenvalue weighted by atomic mass is 9.96. The summed E-state index contributed by atoms with van der Waals surface area (Å²) in [5.41, 5.74) is 10.1. The highest BCUT2D eigenvalue weighted by molar-refractivity contribution is 7.12. The molecule has 0 bridgehead atoms. The second-order valence-corrected chi connectivity index (χ2v) is 6.98. The van der Waals surface area contributed by atoms with Crippen molar-refractivity contribution in [2.24, 2.45) is 5.73 Å². The second kappa shape index (κ2) is 5.58. The average Bonchev–Trinajstić information content (AvgIpc) is 2.82. The van der Waals surface area contributed by atoms with Crippen molar-refractivity contribution in [2.75, 3.05) is 4.90 Å². The molecule has 1 aliphatic heterocycles. The van der Waals surface area contributed by atoms with Gasteiger partial charge >= 0.3 is 0 Å². The smallest absolute Gasteiger partial charge is 0.0443 e. The molecular weight excluding hydrogens is 264 g/mol. The van der Waals surface area contributed by atoms with Crippen LogP contribution in [-0.2, 0) is 19.5 Å². The molecule has 20 heavy (non-hydrogen) atoms. The molecule has 0 fully saturated rings. The molecule has 1 aromatic heterocycles. The van der Waals surface area contributed by atoms with Gasteiger partial charge < -0.3 is 10.6 Å². The molecule has 1 aromatic carbocycles. The molecule has 0 saturated carbocycles. The Morgan fingerprint density at radius 3 is 2.90 bits per heavy atom. The van der Waals surface area contributed by atoms with Gasteiger partial charge in [0.15, 0.2) is 0 Å². The van der Waals surface area contributed by atoms with Gasteiger partial charge in [0, 0.05) is 34.6 Å². The van der Waals surface area contributed by atoms with Crippen LogP contribution in [0.2, 0.25) is 0 Å². The summed E-state index contributed by atoms with van der Waals surface area (Å²) in [6.45, 7) is 6.19. The Hall–Kier alpha value is -1.32. The van der Waals surface area contributed by atoms with E-state index in [0.717, 1.165) is 6.54 Å². The molecule has 0 amide bonds. The highest BCUT2D eigenvalue weighted by Crippen LogP contribution is 2.33. The summed E-state index contributed by atoms with van der Waals surface area (Å²) in [6.07, 6.45) is 2.44. The van der Waals surface area contributed by atoms with Crippen LogP contribution in [-0.4, -0.2) is 6.04 Å². The molecule has 2 heterocycles. The van der Waals surface area contributed by atoms with Crippen molar-refractivity contribution >= 4 is 17.0 Å². The number of aryl methyl sites for hydroxylation is 2. The first-order valence-electron chi connectivity index (χ1n) is 7.32. The minimum absolute atomic E-state index is 0.602. The Morgan fingerprint density at radius 1 is 1.35 bits per heavy atom. The Bertz CT molecular complexity index is 603. The molecule has 1 atom stereocenters. The molecule has 3 rings (SSSR count). The summed E-state index contributed by atoms with van der Waals surface area (Å²) < 4.78 is 0.